The molecule has 0 unspecified atom stereocenters. The van der Waals surface area contributed by atoms with E-state index in [1.165, 1.54) is 11.3 Å². The lowest BCUT2D eigenvalue weighted by Crippen LogP contribution is -2.46. The molecule has 3 rings (SSSR count). The van der Waals surface area contributed by atoms with Gasteiger partial charge >= 0.3 is 4.87 Å². The summed E-state index contributed by atoms with van der Waals surface area (Å²) in [6.07, 6.45) is 0. The molecule has 1 fully saturated rings. The molecular weight excluding hydrogens is 326 g/mol. The van der Waals surface area contributed by atoms with Crippen molar-refractivity contribution >= 4 is 11.3 Å². The van der Waals surface area contributed by atoms with Crippen LogP contribution in [0.25, 0.3) is 11.3 Å². The fourth-order valence-electron chi connectivity index (χ4n) is 3.00. The summed E-state index contributed by atoms with van der Waals surface area (Å²) >= 11 is 1.28. The first kappa shape index (κ1) is 17.2. The van der Waals surface area contributed by atoms with Crippen molar-refractivity contribution in [1.82, 2.24) is 14.8 Å². The summed E-state index contributed by atoms with van der Waals surface area (Å²) in [5, 5.41) is 9.02. The number of ether oxygens (including phenoxy) is 1. The number of aliphatic hydroxyl groups is 1. The quantitative estimate of drug-likeness (QED) is 0.821. The normalized spacial score (nSPS) is 16.4. The van der Waals surface area contributed by atoms with Gasteiger partial charge in [-0.1, -0.05) is 23.5 Å². The second kappa shape index (κ2) is 7.94. The van der Waals surface area contributed by atoms with Gasteiger partial charge in [-0.2, -0.15) is 0 Å². The zero-order chi connectivity index (χ0) is 16.9. The van der Waals surface area contributed by atoms with E-state index in [9.17, 15) is 4.79 Å². The van der Waals surface area contributed by atoms with Crippen LogP contribution in [-0.4, -0.2) is 66.3 Å². The van der Waals surface area contributed by atoms with Crippen LogP contribution in [0.1, 0.15) is 4.88 Å². The number of H-pyrrole nitrogens is 1. The molecule has 0 bridgehead atoms. The number of hydrogen-bond acceptors (Lipinski definition) is 6. The Morgan fingerprint density at radius 1 is 1.25 bits per heavy atom. The number of methoxy groups -OCH3 is 1. The minimum Gasteiger partial charge on any atom is -0.497 e. The minimum atomic E-state index is -0.0262. The summed E-state index contributed by atoms with van der Waals surface area (Å²) < 4.78 is 5.28. The second-order valence-electron chi connectivity index (χ2n) is 5.89. The molecule has 24 heavy (non-hydrogen) atoms. The fourth-order valence-corrected chi connectivity index (χ4v) is 3.89. The molecule has 2 N–H and O–H groups in total. The zero-order valence-corrected chi connectivity index (χ0v) is 14.6. The van der Waals surface area contributed by atoms with Gasteiger partial charge in [0.05, 0.1) is 19.4 Å². The summed E-state index contributed by atoms with van der Waals surface area (Å²) in [5.41, 5.74) is 1.86. The van der Waals surface area contributed by atoms with Gasteiger partial charge in [0.15, 0.2) is 0 Å². The molecule has 0 aliphatic carbocycles. The lowest BCUT2D eigenvalue weighted by molar-refractivity contribution is 0.109. The smallest absolute Gasteiger partial charge is 0.305 e. The van der Waals surface area contributed by atoms with Gasteiger partial charge in [-0.15, -0.1) is 0 Å². The van der Waals surface area contributed by atoms with Crippen LogP contribution in [0.5, 0.6) is 5.75 Å². The molecular formula is C17H23N3O3S. The van der Waals surface area contributed by atoms with E-state index in [0.29, 0.717) is 0 Å². The van der Waals surface area contributed by atoms with Gasteiger partial charge in [-0.3, -0.25) is 14.6 Å². The maximum Gasteiger partial charge on any atom is 0.305 e. The SMILES string of the molecule is COc1cccc(-c2[nH]c(=O)sc2CN2CCN(CCO)CC2)c1. The highest BCUT2D eigenvalue weighted by Crippen LogP contribution is 2.27. The zero-order valence-electron chi connectivity index (χ0n) is 13.8. The molecule has 0 amide bonds. The van der Waals surface area contributed by atoms with E-state index < -0.39 is 0 Å². The number of nitrogens with zero attached hydrogens (tertiary/aromatic N) is 2. The third kappa shape index (κ3) is 4.05. The van der Waals surface area contributed by atoms with Crippen molar-refractivity contribution in [3.8, 4) is 17.0 Å². The summed E-state index contributed by atoms with van der Waals surface area (Å²) in [5.74, 6) is 0.781. The van der Waals surface area contributed by atoms with Gasteiger partial charge < -0.3 is 14.8 Å². The first-order valence-electron chi connectivity index (χ1n) is 8.11. The Labute approximate surface area is 145 Å². The van der Waals surface area contributed by atoms with Crippen LogP contribution in [0.3, 0.4) is 0 Å². The number of piperazine rings is 1. The molecule has 0 radical (unpaired) electrons. The Bertz CT molecular complexity index is 720. The molecule has 1 aliphatic rings. The molecule has 1 aromatic heterocycles. The topological polar surface area (TPSA) is 68.8 Å². The summed E-state index contributed by atoms with van der Waals surface area (Å²) in [7, 11) is 1.64. The number of nitrogens with one attached hydrogen (secondary N) is 1. The van der Waals surface area contributed by atoms with Gasteiger partial charge in [0, 0.05) is 49.7 Å². The van der Waals surface area contributed by atoms with Crippen LogP contribution in [0.15, 0.2) is 29.1 Å². The third-order valence-electron chi connectivity index (χ3n) is 4.33. The molecule has 2 heterocycles. The molecule has 1 saturated heterocycles. The van der Waals surface area contributed by atoms with Crippen molar-refractivity contribution in [2.45, 2.75) is 6.54 Å². The van der Waals surface area contributed by atoms with Crippen molar-refractivity contribution in [2.24, 2.45) is 0 Å². The fraction of sp³-hybridized carbons (Fsp3) is 0.471. The first-order chi connectivity index (χ1) is 11.7. The summed E-state index contributed by atoms with van der Waals surface area (Å²) in [4.78, 5) is 20.5. The van der Waals surface area contributed by atoms with Crippen molar-refractivity contribution < 1.29 is 9.84 Å². The maximum absolute atomic E-state index is 11.9. The molecule has 0 atom stereocenters. The van der Waals surface area contributed by atoms with Crippen LogP contribution in [0.2, 0.25) is 0 Å². The van der Waals surface area contributed by atoms with Crippen molar-refractivity contribution in [1.29, 1.82) is 0 Å². The summed E-state index contributed by atoms with van der Waals surface area (Å²) in [6.45, 7) is 5.51. The number of benzene rings is 1. The van der Waals surface area contributed by atoms with Crippen LogP contribution in [0.4, 0.5) is 0 Å². The molecule has 6 nitrogen and oxygen atoms in total. The van der Waals surface area contributed by atoms with E-state index in [-0.39, 0.29) is 11.5 Å². The average Bonchev–Trinajstić information content (AvgIpc) is 2.97. The maximum atomic E-state index is 11.9. The monoisotopic (exact) mass is 349 g/mol. The number of aliphatic hydroxyl groups excluding tert-OH is 1. The standard InChI is InChI=1S/C17H23N3O3S/c1-23-14-4-2-3-13(11-14)16-15(24-17(22)18-16)12-20-7-5-19(6-8-20)9-10-21/h2-4,11,21H,5-10,12H2,1H3,(H,18,22). The molecule has 0 saturated carbocycles. The highest BCUT2D eigenvalue weighted by atomic mass is 32.1. The average molecular weight is 349 g/mol. The predicted molar refractivity (Wildman–Crippen MR) is 95.7 cm³/mol. The number of hydrogen-bond donors (Lipinski definition) is 2. The lowest BCUT2D eigenvalue weighted by Gasteiger charge is -2.34. The van der Waals surface area contributed by atoms with Crippen LogP contribution in [-0.2, 0) is 6.54 Å². The number of rotatable bonds is 6. The van der Waals surface area contributed by atoms with Crippen molar-refractivity contribution in [3.63, 3.8) is 0 Å². The predicted octanol–water partition coefficient (Wildman–Crippen LogP) is 1.22. The highest BCUT2D eigenvalue weighted by molar-refractivity contribution is 7.09. The van der Waals surface area contributed by atoms with Crippen LogP contribution < -0.4 is 9.61 Å². The Balaban J connectivity index is 1.74. The van der Waals surface area contributed by atoms with Crippen molar-refractivity contribution in [3.05, 3.63) is 38.8 Å². The molecule has 130 valence electrons. The van der Waals surface area contributed by atoms with E-state index in [1.807, 2.05) is 24.3 Å². The minimum absolute atomic E-state index is 0.0262. The summed E-state index contributed by atoms with van der Waals surface area (Å²) in [6, 6.07) is 7.76. The van der Waals surface area contributed by atoms with Gasteiger partial charge in [-0.05, 0) is 12.1 Å². The second-order valence-corrected chi connectivity index (χ2v) is 6.95. The van der Waals surface area contributed by atoms with Crippen LogP contribution >= 0.6 is 11.3 Å². The Hall–Kier alpha value is -1.67. The van der Waals surface area contributed by atoms with E-state index in [2.05, 4.69) is 14.8 Å². The van der Waals surface area contributed by atoms with Crippen LogP contribution in [0, 0.1) is 0 Å². The molecule has 1 aliphatic heterocycles. The van der Waals surface area contributed by atoms with E-state index in [1.54, 1.807) is 7.11 Å². The number of aromatic amines is 1. The van der Waals surface area contributed by atoms with Gasteiger partial charge in [0.1, 0.15) is 5.75 Å². The molecule has 2 aromatic rings. The molecule has 0 spiro atoms. The third-order valence-corrected chi connectivity index (χ3v) is 5.20. The Morgan fingerprint density at radius 3 is 2.71 bits per heavy atom. The molecule has 7 heteroatoms. The molecule has 1 aromatic carbocycles. The van der Waals surface area contributed by atoms with E-state index >= 15 is 0 Å². The van der Waals surface area contributed by atoms with E-state index in [4.69, 9.17) is 9.84 Å². The van der Waals surface area contributed by atoms with Gasteiger partial charge in [0.25, 0.3) is 0 Å². The van der Waals surface area contributed by atoms with Crippen molar-refractivity contribution in [2.75, 3.05) is 46.4 Å². The van der Waals surface area contributed by atoms with E-state index in [0.717, 1.165) is 61.2 Å². The van der Waals surface area contributed by atoms with Gasteiger partial charge in [0.2, 0.25) is 0 Å². The van der Waals surface area contributed by atoms with Gasteiger partial charge in [-0.25, -0.2) is 0 Å². The largest absolute Gasteiger partial charge is 0.497 e. The Kier molecular flexibility index (Phi) is 5.68. The number of β-amino-alcohol motifs (C(OH)–C–C–N with tert-alkyl or cyclic N) is 1. The lowest BCUT2D eigenvalue weighted by atomic mass is 10.1. The highest BCUT2D eigenvalue weighted by Gasteiger charge is 2.19. The Morgan fingerprint density at radius 2 is 2.00 bits per heavy atom. The number of thiazole rings is 1. The number of aromatic nitrogens is 1. The first-order valence-corrected chi connectivity index (χ1v) is 8.93.